The summed E-state index contributed by atoms with van der Waals surface area (Å²) in [6.45, 7) is 2.08. The molecule has 4 nitrogen and oxygen atoms in total. The van der Waals surface area contributed by atoms with E-state index < -0.39 is 0 Å². The second kappa shape index (κ2) is 7.61. The Hall–Kier alpha value is -2.33. The summed E-state index contributed by atoms with van der Waals surface area (Å²) < 4.78 is 0. The zero-order valence-corrected chi connectivity index (χ0v) is 11.6. The molecule has 0 unspecified atom stereocenters. The first kappa shape index (κ1) is 17.7. The van der Waals surface area contributed by atoms with Crippen molar-refractivity contribution in [3.05, 3.63) is 59.6 Å². The van der Waals surface area contributed by atoms with Gasteiger partial charge in [0.2, 0.25) is 0 Å². The van der Waals surface area contributed by atoms with E-state index in [9.17, 15) is 0 Å². The van der Waals surface area contributed by atoms with Gasteiger partial charge < -0.3 is 9.97 Å². The molecule has 0 aromatic carbocycles. The van der Waals surface area contributed by atoms with Crippen LogP contribution in [0.2, 0.25) is 5.02 Å². The molecule has 0 bridgehead atoms. The third-order valence-electron chi connectivity index (χ3n) is 3.09. The number of pyridine rings is 2. The summed E-state index contributed by atoms with van der Waals surface area (Å²) in [6.07, 6.45) is 7.23. The Morgan fingerprint density at radius 1 is 0.818 bits per heavy atom. The fourth-order valence-corrected chi connectivity index (χ4v) is 2.24. The van der Waals surface area contributed by atoms with E-state index in [2.05, 4.69) is 26.9 Å². The van der Waals surface area contributed by atoms with Gasteiger partial charge in [-0.05, 0) is 36.8 Å². The molecule has 0 aliphatic heterocycles. The van der Waals surface area contributed by atoms with Crippen LogP contribution in [0, 0.1) is 6.92 Å². The number of H-pyrrole nitrogens is 2. The number of fused-ring (bicyclic) bond motifs is 2. The molecule has 0 spiro atoms. The van der Waals surface area contributed by atoms with Gasteiger partial charge >= 0.3 is 0 Å². The Morgan fingerprint density at radius 2 is 1.36 bits per heavy atom. The Morgan fingerprint density at radius 3 is 1.95 bits per heavy atom. The van der Waals surface area contributed by atoms with E-state index in [1.54, 1.807) is 12.3 Å². The van der Waals surface area contributed by atoms with Crippen LogP contribution >= 0.6 is 11.6 Å². The lowest BCUT2D eigenvalue weighted by atomic mass is 10.2. The SMILES string of the molecule is C.C.Cc1ccnc2[nH]ccc12.Clc1ccnc2[nH]ccc12. The van der Waals surface area contributed by atoms with Crippen molar-refractivity contribution in [1.29, 1.82) is 0 Å². The van der Waals surface area contributed by atoms with Gasteiger partial charge in [-0.2, -0.15) is 0 Å². The molecule has 5 heteroatoms. The zero-order chi connectivity index (χ0) is 13.9. The minimum atomic E-state index is 0. The molecule has 0 amide bonds. The molecule has 0 aliphatic carbocycles. The van der Waals surface area contributed by atoms with Crippen molar-refractivity contribution in [2.75, 3.05) is 0 Å². The predicted octanol–water partition coefficient (Wildman–Crippen LogP) is 5.36. The largest absolute Gasteiger partial charge is 0.346 e. The number of nitrogens with one attached hydrogen (secondary N) is 2. The Kier molecular flexibility index (Phi) is 6.13. The number of hydrogen-bond acceptors (Lipinski definition) is 2. The first-order valence-electron chi connectivity index (χ1n) is 6.22. The molecule has 2 N–H and O–H groups in total. The van der Waals surface area contributed by atoms with E-state index in [1.807, 2.05) is 36.8 Å². The number of aryl methyl sites for hydroxylation is 1. The molecule has 0 aliphatic rings. The van der Waals surface area contributed by atoms with Crippen LogP contribution in [0.25, 0.3) is 22.1 Å². The van der Waals surface area contributed by atoms with E-state index in [0.29, 0.717) is 0 Å². The van der Waals surface area contributed by atoms with Crippen molar-refractivity contribution in [3.63, 3.8) is 0 Å². The lowest BCUT2D eigenvalue weighted by Gasteiger charge is -1.91. The van der Waals surface area contributed by atoms with Gasteiger partial charge in [-0.1, -0.05) is 26.5 Å². The summed E-state index contributed by atoms with van der Waals surface area (Å²) in [4.78, 5) is 14.2. The molecule has 0 saturated heterocycles. The average molecular weight is 317 g/mol. The molecule has 0 fully saturated rings. The number of aromatic nitrogens is 4. The highest BCUT2D eigenvalue weighted by molar-refractivity contribution is 6.35. The number of nitrogens with zero attached hydrogens (tertiary/aromatic N) is 2. The lowest BCUT2D eigenvalue weighted by Crippen LogP contribution is -1.77. The van der Waals surface area contributed by atoms with Crippen molar-refractivity contribution >= 4 is 33.7 Å². The highest BCUT2D eigenvalue weighted by atomic mass is 35.5. The van der Waals surface area contributed by atoms with Crippen molar-refractivity contribution in [2.24, 2.45) is 0 Å². The van der Waals surface area contributed by atoms with Gasteiger partial charge in [-0.25, -0.2) is 9.97 Å². The van der Waals surface area contributed by atoms with Gasteiger partial charge in [-0.3, -0.25) is 0 Å². The van der Waals surface area contributed by atoms with Crippen LogP contribution in [0.3, 0.4) is 0 Å². The first-order chi connectivity index (χ1) is 9.75. The van der Waals surface area contributed by atoms with E-state index >= 15 is 0 Å². The average Bonchev–Trinajstić information content (AvgIpc) is 3.08. The summed E-state index contributed by atoms with van der Waals surface area (Å²) >= 11 is 5.84. The molecule has 22 heavy (non-hydrogen) atoms. The summed E-state index contributed by atoms with van der Waals surface area (Å²) in [6, 6.07) is 7.73. The van der Waals surface area contributed by atoms with Crippen LogP contribution in [0.4, 0.5) is 0 Å². The molecule has 4 aromatic heterocycles. The molecule has 4 aromatic rings. The molecule has 0 radical (unpaired) electrons. The normalized spacial score (nSPS) is 9.55. The number of aromatic amines is 2. The third kappa shape index (κ3) is 3.46. The topological polar surface area (TPSA) is 57.4 Å². The maximum Gasteiger partial charge on any atom is 0.138 e. The lowest BCUT2D eigenvalue weighted by molar-refractivity contribution is 1.31. The van der Waals surface area contributed by atoms with Crippen LogP contribution < -0.4 is 0 Å². The highest BCUT2D eigenvalue weighted by Gasteiger charge is 1.97. The van der Waals surface area contributed by atoms with Crippen molar-refractivity contribution < 1.29 is 0 Å². The summed E-state index contributed by atoms with van der Waals surface area (Å²) in [5.74, 6) is 0. The van der Waals surface area contributed by atoms with Gasteiger partial charge in [0.1, 0.15) is 11.3 Å². The van der Waals surface area contributed by atoms with E-state index in [1.165, 1.54) is 10.9 Å². The second-order valence-corrected chi connectivity index (χ2v) is 4.81. The molecular weight excluding hydrogens is 296 g/mol. The smallest absolute Gasteiger partial charge is 0.138 e. The molecule has 4 heterocycles. The second-order valence-electron chi connectivity index (χ2n) is 4.40. The third-order valence-corrected chi connectivity index (χ3v) is 3.41. The van der Waals surface area contributed by atoms with Gasteiger partial charge in [0.25, 0.3) is 0 Å². The summed E-state index contributed by atoms with van der Waals surface area (Å²) in [5, 5.41) is 2.93. The van der Waals surface area contributed by atoms with Gasteiger partial charge in [-0.15, -0.1) is 0 Å². The minimum Gasteiger partial charge on any atom is -0.346 e. The standard InChI is InChI=1S/C8H8N2.C7H5ClN2.2CH4/c1-6-2-4-9-8-7(6)3-5-10-8;8-6-2-4-10-7-5(6)1-3-9-7;;/h2-5H,1H3,(H,9,10);1-4H,(H,9,10);2*1H4. The molecule has 0 atom stereocenters. The highest BCUT2D eigenvalue weighted by Crippen LogP contribution is 2.19. The minimum absolute atomic E-state index is 0. The number of halogens is 1. The van der Waals surface area contributed by atoms with E-state index in [0.717, 1.165) is 21.7 Å². The van der Waals surface area contributed by atoms with Crippen molar-refractivity contribution in [2.45, 2.75) is 21.8 Å². The molecular formula is C17H21ClN4. The maximum absolute atomic E-state index is 5.84. The maximum atomic E-state index is 5.84. The molecule has 0 saturated carbocycles. The van der Waals surface area contributed by atoms with Crippen LogP contribution in [-0.4, -0.2) is 19.9 Å². The van der Waals surface area contributed by atoms with Gasteiger partial charge in [0.05, 0.1) is 5.02 Å². The molecule has 116 valence electrons. The van der Waals surface area contributed by atoms with Gasteiger partial charge in [0, 0.05) is 35.6 Å². The van der Waals surface area contributed by atoms with Crippen molar-refractivity contribution in [3.8, 4) is 0 Å². The van der Waals surface area contributed by atoms with Crippen LogP contribution in [0.1, 0.15) is 20.4 Å². The van der Waals surface area contributed by atoms with Crippen molar-refractivity contribution in [1.82, 2.24) is 19.9 Å². The number of rotatable bonds is 0. The monoisotopic (exact) mass is 316 g/mol. The van der Waals surface area contributed by atoms with Crippen LogP contribution in [-0.2, 0) is 0 Å². The quantitative estimate of drug-likeness (QED) is 0.459. The molecule has 4 rings (SSSR count). The van der Waals surface area contributed by atoms with Crippen LogP contribution in [0.15, 0.2) is 49.1 Å². The fraction of sp³-hybridized carbons (Fsp3) is 0.176. The first-order valence-corrected chi connectivity index (χ1v) is 6.60. The number of hydrogen-bond donors (Lipinski definition) is 2. The zero-order valence-electron chi connectivity index (χ0n) is 10.9. The predicted molar refractivity (Wildman–Crippen MR) is 95.4 cm³/mol. The fourth-order valence-electron chi connectivity index (χ4n) is 2.03. The summed E-state index contributed by atoms with van der Waals surface area (Å²) in [5.41, 5.74) is 3.08. The Labute approximate surface area is 135 Å². The summed E-state index contributed by atoms with van der Waals surface area (Å²) in [7, 11) is 0. The van der Waals surface area contributed by atoms with Crippen LogP contribution in [0.5, 0.6) is 0 Å². The Balaban J connectivity index is 0.000000202. The Bertz CT molecular complexity index is 776. The van der Waals surface area contributed by atoms with E-state index in [-0.39, 0.29) is 14.9 Å². The van der Waals surface area contributed by atoms with E-state index in [4.69, 9.17) is 11.6 Å². The van der Waals surface area contributed by atoms with Gasteiger partial charge in [0.15, 0.2) is 0 Å².